The molecule has 1 heterocycles. The minimum Gasteiger partial charge on any atom is -0.494 e. The van der Waals surface area contributed by atoms with Gasteiger partial charge in [0.1, 0.15) is 12.6 Å². The maximum Gasteiger partial charge on any atom is 0.290 e. The molecular formula is C14H20ClF3N2O2. The van der Waals surface area contributed by atoms with Crippen LogP contribution in [-0.4, -0.2) is 55.8 Å². The standard InChI is InChI=1S/C14H19F3N2O2.ClH/c1-21-11-4-2-3-10(12(11)15)13(14(16,17)9-20)19-7-5-18-6-8-19;/h2-4,13,18,20H,5-9H2,1H3;1H/t13-;/m0./s1. The molecule has 2 N–H and O–H groups in total. The average molecular weight is 341 g/mol. The Balaban J connectivity index is 0.00000242. The summed E-state index contributed by atoms with van der Waals surface area (Å²) >= 11 is 0. The lowest BCUT2D eigenvalue weighted by molar-refractivity contribution is -0.119. The molecule has 1 aliphatic rings. The minimum atomic E-state index is -3.44. The van der Waals surface area contributed by atoms with Gasteiger partial charge in [-0.3, -0.25) is 4.90 Å². The highest BCUT2D eigenvalue weighted by atomic mass is 35.5. The molecule has 0 saturated carbocycles. The molecular weight excluding hydrogens is 321 g/mol. The Morgan fingerprint density at radius 2 is 2.00 bits per heavy atom. The third-order valence-corrected chi connectivity index (χ3v) is 3.64. The van der Waals surface area contributed by atoms with Gasteiger partial charge in [-0.25, -0.2) is 13.2 Å². The second-order valence-electron chi connectivity index (χ2n) is 4.97. The van der Waals surface area contributed by atoms with Crippen LogP contribution in [-0.2, 0) is 0 Å². The summed E-state index contributed by atoms with van der Waals surface area (Å²) in [5.41, 5.74) is -0.157. The van der Waals surface area contributed by atoms with Crippen molar-refractivity contribution in [2.75, 3.05) is 39.9 Å². The molecule has 22 heavy (non-hydrogen) atoms. The van der Waals surface area contributed by atoms with Gasteiger partial charge < -0.3 is 15.2 Å². The van der Waals surface area contributed by atoms with Crippen molar-refractivity contribution in [3.05, 3.63) is 29.6 Å². The molecule has 0 unspecified atom stereocenters. The Morgan fingerprint density at radius 1 is 1.36 bits per heavy atom. The summed E-state index contributed by atoms with van der Waals surface area (Å²) in [6, 6.07) is 2.65. The first kappa shape index (κ1) is 19.0. The topological polar surface area (TPSA) is 44.7 Å². The van der Waals surface area contributed by atoms with Crippen LogP contribution in [0.1, 0.15) is 11.6 Å². The molecule has 1 fully saturated rings. The van der Waals surface area contributed by atoms with Gasteiger partial charge in [-0.05, 0) is 6.07 Å². The Morgan fingerprint density at radius 3 is 2.55 bits per heavy atom. The summed E-state index contributed by atoms with van der Waals surface area (Å²) in [6.45, 7) is 0.471. The van der Waals surface area contributed by atoms with Crippen LogP contribution in [0.15, 0.2) is 18.2 Å². The van der Waals surface area contributed by atoms with Crippen LogP contribution in [0.4, 0.5) is 13.2 Å². The van der Waals surface area contributed by atoms with Crippen molar-refractivity contribution in [2.45, 2.75) is 12.0 Å². The average Bonchev–Trinajstić information content (AvgIpc) is 2.50. The zero-order chi connectivity index (χ0) is 15.5. The number of alkyl halides is 2. The Bertz CT molecular complexity index is 485. The fourth-order valence-corrected chi connectivity index (χ4v) is 2.61. The summed E-state index contributed by atoms with van der Waals surface area (Å²) in [6.07, 6.45) is 0. The number of methoxy groups -OCH3 is 1. The van der Waals surface area contributed by atoms with E-state index < -0.39 is 24.4 Å². The van der Waals surface area contributed by atoms with Crippen LogP contribution in [0.2, 0.25) is 0 Å². The molecule has 2 rings (SSSR count). The third kappa shape index (κ3) is 3.84. The highest BCUT2D eigenvalue weighted by molar-refractivity contribution is 5.85. The van der Waals surface area contributed by atoms with Gasteiger partial charge in [0.05, 0.1) is 7.11 Å². The zero-order valence-corrected chi connectivity index (χ0v) is 13.0. The summed E-state index contributed by atoms with van der Waals surface area (Å²) in [7, 11) is 1.28. The first-order valence-electron chi connectivity index (χ1n) is 6.77. The van der Waals surface area contributed by atoms with Gasteiger partial charge in [0.2, 0.25) is 0 Å². The molecule has 8 heteroatoms. The number of aliphatic hydroxyl groups is 1. The number of hydrogen-bond donors (Lipinski definition) is 2. The largest absolute Gasteiger partial charge is 0.494 e. The molecule has 4 nitrogen and oxygen atoms in total. The first-order valence-corrected chi connectivity index (χ1v) is 6.77. The maximum atomic E-state index is 14.4. The fraction of sp³-hybridized carbons (Fsp3) is 0.571. The zero-order valence-electron chi connectivity index (χ0n) is 12.2. The van der Waals surface area contributed by atoms with E-state index in [0.29, 0.717) is 26.2 Å². The highest BCUT2D eigenvalue weighted by Gasteiger charge is 2.45. The molecule has 0 aliphatic carbocycles. The van der Waals surface area contributed by atoms with Gasteiger partial charge in [0, 0.05) is 31.7 Å². The Labute approximate surface area is 133 Å². The lowest BCUT2D eigenvalue weighted by Gasteiger charge is -2.38. The van der Waals surface area contributed by atoms with Crippen LogP contribution < -0.4 is 10.1 Å². The summed E-state index contributed by atoms with van der Waals surface area (Å²) < 4.78 is 47.6. The molecule has 1 aromatic rings. The second-order valence-corrected chi connectivity index (χ2v) is 4.97. The third-order valence-electron chi connectivity index (χ3n) is 3.64. The Kier molecular flexibility index (Phi) is 6.93. The van der Waals surface area contributed by atoms with Crippen molar-refractivity contribution in [1.82, 2.24) is 10.2 Å². The smallest absolute Gasteiger partial charge is 0.290 e. The van der Waals surface area contributed by atoms with E-state index in [0.717, 1.165) is 0 Å². The molecule has 0 spiro atoms. The summed E-state index contributed by atoms with van der Waals surface area (Å²) in [4.78, 5) is 1.49. The fourth-order valence-electron chi connectivity index (χ4n) is 2.61. The van der Waals surface area contributed by atoms with Crippen LogP contribution in [0.5, 0.6) is 5.75 Å². The number of rotatable bonds is 5. The predicted molar refractivity (Wildman–Crippen MR) is 79.4 cm³/mol. The molecule has 1 atom stereocenters. The predicted octanol–water partition coefficient (Wildman–Crippen LogP) is 1.83. The highest BCUT2D eigenvalue weighted by Crippen LogP contribution is 2.39. The monoisotopic (exact) mass is 340 g/mol. The van der Waals surface area contributed by atoms with Crippen molar-refractivity contribution in [2.24, 2.45) is 0 Å². The van der Waals surface area contributed by atoms with Crippen molar-refractivity contribution in [1.29, 1.82) is 0 Å². The van der Waals surface area contributed by atoms with Crippen molar-refractivity contribution < 1.29 is 23.0 Å². The molecule has 126 valence electrons. The SMILES string of the molecule is COc1cccc([C@H](N2CCNCC2)C(F)(F)CO)c1F.Cl. The number of nitrogens with one attached hydrogen (secondary N) is 1. The number of benzene rings is 1. The van der Waals surface area contributed by atoms with Gasteiger partial charge in [-0.1, -0.05) is 12.1 Å². The van der Waals surface area contributed by atoms with Gasteiger partial charge in [-0.2, -0.15) is 0 Å². The molecule has 1 saturated heterocycles. The quantitative estimate of drug-likeness (QED) is 0.858. The van der Waals surface area contributed by atoms with Gasteiger partial charge in [0.15, 0.2) is 11.6 Å². The number of aliphatic hydroxyl groups excluding tert-OH is 1. The first-order chi connectivity index (χ1) is 10.0. The number of halogens is 4. The van der Waals surface area contributed by atoms with Gasteiger partial charge >= 0.3 is 0 Å². The van der Waals surface area contributed by atoms with Gasteiger partial charge in [-0.15, -0.1) is 12.4 Å². The Hall–Kier alpha value is -1.02. The van der Waals surface area contributed by atoms with E-state index in [-0.39, 0.29) is 23.7 Å². The number of piperazine rings is 1. The molecule has 0 aromatic heterocycles. The molecule has 0 radical (unpaired) electrons. The molecule has 0 amide bonds. The van der Waals surface area contributed by atoms with Crippen LogP contribution >= 0.6 is 12.4 Å². The number of ether oxygens (including phenoxy) is 1. The van der Waals surface area contributed by atoms with E-state index in [1.54, 1.807) is 0 Å². The van der Waals surface area contributed by atoms with E-state index in [1.807, 2.05) is 0 Å². The molecule has 0 bridgehead atoms. The van der Waals surface area contributed by atoms with E-state index in [2.05, 4.69) is 5.32 Å². The lowest BCUT2D eigenvalue weighted by Crippen LogP contribution is -2.51. The molecule has 1 aliphatic heterocycles. The van der Waals surface area contributed by atoms with E-state index in [4.69, 9.17) is 9.84 Å². The minimum absolute atomic E-state index is 0. The van der Waals surface area contributed by atoms with E-state index in [1.165, 1.54) is 30.2 Å². The number of hydrogen-bond acceptors (Lipinski definition) is 4. The van der Waals surface area contributed by atoms with Gasteiger partial charge in [0.25, 0.3) is 5.92 Å². The van der Waals surface area contributed by atoms with Crippen molar-refractivity contribution >= 4 is 12.4 Å². The molecule has 1 aromatic carbocycles. The normalized spacial score (nSPS) is 17.7. The van der Waals surface area contributed by atoms with E-state index >= 15 is 0 Å². The van der Waals surface area contributed by atoms with Crippen molar-refractivity contribution in [3.8, 4) is 5.75 Å². The van der Waals surface area contributed by atoms with Crippen LogP contribution in [0.25, 0.3) is 0 Å². The number of nitrogens with zero attached hydrogens (tertiary/aromatic N) is 1. The summed E-state index contributed by atoms with van der Waals surface area (Å²) in [5.74, 6) is -4.33. The van der Waals surface area contributed by atoms with Crippen LogP contribution in [0.3, 0.4) is 0 Å². The van der Waals surface area contributed by atoms with Crippen molar-refractivity contribution in [3.63, 3.8) is 0 Å². The van der Waals surface area contributed by atoms with Crippen LogP contribution in [0, 0.1) is 5.82 Å². The second kappa shape index (κ2) is 8.01. The maximum absolute atomic E-state index is 14.4. The summed E-state index contributed by atoms with van der Waals surface area (Å²) in [5, 5.41) is 12.1. The van der Waals surface area contributed by atoms with E-state index in [9.17, 15) is 13.2 Å². The lowest BCUT2D eigenvalue weighted by atomic mass is 9.97.